The Morgan fingerprint density at radius 3 is 2.47 bits per heavy atom. The third kappa shape index (κ3) is 1.78. The number of hydrogen-bond donors (Lipinski definition) is 0. The van der Waals surface area contributed by atoms with E-state index in [2.05, 4.69) is 15.9 Å². The predicted molar refractivity (Wildman–Crippen MR) is 67.6 cm³/mol. The number of nitrogens with zero attached hydrogens (tertiary/aromatic N) is 3. The van der Waals surface area contributed by atoms with Crippen LogP contribution >= 0.6 is 0 Å². The van der Waals surface area contributed by atoms with Crippen molar-refractivity contribution in [2.75, 3.05) is 26.2 Å². The average molecular weight is 233 g/mol. The zero-order valence-corrected chi connectivity index (χ0v) is 10.7. The van der Waals surface area contributed by atoms with Crippen LogP contribution in [0.4, 0.5) is 0 Å². The van der Waals surface area contributed by atoms with Crippen molar-refractivity contribution in [3.63, 3.8) is 0 Å². The summed E-state index contributed by atoms with van der Waals surface area (Å²) in [6, 6.07) is 3.26. The predicted octanol–water partition coefficient (Wildman–Crippen LogP) is 1.99. The van der Waals surface area contributed by atoms with E-state index in [4.69, 9.17) is 0 Å². The Hall–Kier alpha value is -0.590. The van der Waals surface area contributed by atoms with Crippen molar-refractivity contribution in [2.24, 2.45) is 0 Å². The molecule has 3 aliphatic heterocycles. The Balaban J connectivity index is 1.83. The normalized spacial score (nSPS) is 39.8. The van der Waals surface area contributed by atoms with Gasteiger partial charge in [-0.3, -0.25) is 9.80 Å². The highest BCUT2D eigenvalue weighted by atomic mass is 15.3. The van der Waals surface area contributed by atoms with Crippen LogP contribution in [0.2, 0.25) is 0 Å². The van der Waals surface area contributed by atoms with Crippen molar-refractivity contribution in [2.45, 2.75) is 56.5 Å². The molecule has 3 heteroatoms. The summed E-state index contributed by atoms with van der Waals surface area (Å²) in [7, 11) is 0. The largest absolute Gasteiger partial charge is 0.297 e. The molecule has 3 heterocycles. The molecule has 3 nitrogen and oxygen atoms in total. The Morgan fingerprint density at radius 1 is 0.941 bits per heavy atom. The van der Waals surface area contributed by atoms with E-state index < -0.39 is 0 Å². The van der Waals surface area contributed by atoms with Gasteiger partial charge in [-0.2, -0.15) is 5.26 Å². The van der Waals surface area contributed by atoms with Gasteiger partial charge in [-0.25, -0.2) is 0 Å². The fourth-order valence-electron chi connectivity index (χ4n) is 4.14. The lowest BCUT2D eigenvalue weighted by Crippen LogP contribution is -2.58. The van der Waals surface area contributed by atoms with Crippen LogP contribution in [0.15, 0.2) is 0 Å². The molecule has 17 heavy (non-hydrogen) atoms. The summed E-state index contributed by atoms with van der Waals surface area (Å²) in [5.74, 6) is 0. The first kappa shape index (κ1) is 11.5. The van der Waals surface area contributed by atoms with Gasteiger partial charge in [0.15, 0.2) is 0 Å². The highest BCUT2D eigenvalue weighted by Gasteiger charge is 2.52. The monoisotopic (exact) mass is 233 g/mol. The maximum atomic E-state index is 9.79. The number of piperidine rings is 2. The van der Waals surface area contributed by atoms with Crippen molar-refractivity contribution >= 4 is 0 Å². The first-order valence-corrected chi connectivity index (χ1v) is 7.27. The zero-order valence-electron chi connectivity index (χ0n) is 10.7. The quantitative estimate of drug-likeness (QED) is 0.694. The second-order valence-electron chi connectivity index (χ2n) is 5.88. The fraction of sp³-hybridized carbons (Fsp3) is 0.929. The molecule has 0 aromatic rings. The lowest BCUT2D eigenvalue weighted by molar-refractivity contribution is 0.0562. The summed E-state index contributed by atoms with van der Waals surface area (Å²) >= 11 is 0. The fourth-order valence-corrected chi connectivity index (χ4v) is 4.14. The maximum Gasteiger partial charge on any atom is 0.126 e. The topological polar surface area (TPSA) is 30.3 Å². The molecule has 0 bridgehead atoms. The highest BCUT2D eigenvalue weighted by molar-refractivity contribution is 5.20. The third-order valence-electron chi connectivity index (χ3n) is 5.06. The van der Waals surface area contributed by atoms with Crippen molar-refractivity contribution in [1.29, 1.82) is 5.26 Å². The molecule has 0 spiro atoms. The zero-order chi connectivity index (χ0) is 11.7. The minimum Gasteiger partial charge on any atom is -0.297 e. The average Bonchev–Trinajstić information content (AvgIpc) is 2.80. The van der Waals surface area contributed by atoms with Crippen LogP contribution in [-0.4, -0.2) is 47.6 Å². The molecular weight excluding hydrogens is 210 g/mol. The van der Waals surface area contributed by atoms with Gasteiger partial charge < -0.3 is 0 Å². The summed E-state index contributed by atoms with van der Waals surface area (Å²) < 4.78 is 0. The highest BCUT2D eigenvalue weighted by Crippen LogP contribution is 2.40. The van der Waals surface area contributed by atoms with E-state index in [0.29, 0.717) is 6.04 Å². The summed E-state index contributed by atoms with van der Waals surface area (Å²) in [4.78, 5) is 5.10. The molecular formula is C14H23N3. The van der Waals surface area contributed by atoms with E-state index in [1.54, 1.807) is 0 Å². The summed E-state index contributed by atoms with van der Waals surface area (Å²) in [6.45, 7) is 4.67. The Morgan fingerprint density at radius 2 is 1.71 bits per heavy atom. The SMILES string of the molecule is N#CC1(N2CCCCC2)CCN2CCCCC21. The second kappa shape index (κ2) is 4.59. The van der Waals surface area contributed by atoms with E-state index in [1.807, 2.05) is 0 Å². The van der Waals surface area contributed by atoms with Gasteiger partial charge >= 0.3 is 0 Å². The number of nitriles is 1. The number of fused-ring (bicyclic) bond motifs is 1. The van der Waals surface area contributed by atoms with Crippen molar-refractivity contribution < 1.29 is 0 Å². The lowest BCUT2D eigenvalue weighted by Gasteiger charge is -2.44. The van der Waals surface area contributed by atoms with Gasteiger partial charge in [-0.05, 0) is 51.7 Å². The molecule has 0 aromatic carbocycles. The van der Waals surface area contributed by atoms with Gasteiger partial charge in [0.25, 0.3) is 0 Å². The van der Waals surface area contributed by atoms with Gasteiger partial charge in [-0.15, -0.1) is 0 Å². The molecule has 94 valence electrons. The lowest BCUT2D eigenvalue weighted by atomic mass is 9.84. The molecule has 0 amide bonds. The second-order valence-corrected chi connectivity index (χ2v) is 5.88. The van der Waals surface area contributed by atoms with Crippen LogP contribution in [0.25, 0.3) is 0 Å². The Labute approximate surface area is 104 Å². The number of likely N-dealkylation sites (tertiary alicyclic amines) is 1. The molecule has 0 radical (unpaired) electrons. The Kier molecular flexibility index (Phi) is 3.10. The van der Waals surface area contributed by atoms with E-state index in [9.17, 15) is 5.26 Å². The van der Waals surface area contributed by atoms with Crippen LogP contribution in [-0.2, 0) is 0 Å². The third-order valence-corrected chi connectivity index (χ3v) is 5.06. The minimum absolute atomic E-state index is 0.138. The van der Waals surface area contributed by atoms with E-state index in [-0.39, 0.29) is 5.54 Å². The molecule has 0 N–H and O–H groups in total. The van der Waals surface area contributed by atoms with Gasteiger partial charge in [0.05, 0.1) is 6.07 Å². The summed E-state index contributed by atoms with van der Waals surface area (Å²) in [5.41, 5.74) is -0.138. The molecule has 3 aliphatic rings. The number of hydrogen-bond acceptors (Lipinski definition) is 3. The van der Waals surface area contributed by atoms with Gasteiger partial charge in [-0.1, -0.05) is 12.8 Å². The Bertz CT molecular complexity index is 316. The summed E-state index contributed by atoms with van der Waals surface area (Å²) in [5, 5.41) is 9.79. The van der Waals surface area contributed by atoms with E-state index >= 15 is 0 Å². The van der Waals surface area contributed by atoms with Crippen molar-refractivity contribution in [3.05, 3.63) is 0 Å². The summed E-state index contributed by atoms with van der Waals surface area (Å²) in [6.07, 6.45) is 8.90. The first-order valence-electron chi connectivity index (χ1n) is 7.27. The van der Waals surface area contributed by atoms with Gasteiger partial charge in [0.1, 0.15) is 5.54 Å². The van der Waals surface area contributed by atoms with E-state index in [1.165, 1.54) is 45.1 Å². The number of rotatable bonds is 1. The van der Waals surface area contributed by atoms with Crippen LogP contribution in [0.3, 0.4) is 0 Å². The molecule has 3 rings (SSSR count). The molecule has 0 saturated carbocycles. The molecule has 2 unspecified atom stereocenters. The molecule has 3 fully saturated rings. The van der Waals surface area contributed by atoms with Crippen molar-refractivity contribution in [1.82, 2.24) is 9.80 Å². The van der Waals surface area contributed by atoms with E-state index in [0.717, 1.165) is 26.1 Å². The molecule has 0 aromatic heterocycles. The van der Waals surface area contributed by atoms with Gasteiger partial charge in [0.2, 0.25) is 0 Å². The molecule has 0 aliphatic carbocycles. The van der Waals surface area contributed by atoms with Gasteiger partial charge in [0, 0.05) is 12.6 Å². The van der Waals surface area contributed by atoms with Crippen LogP contribution in [0.1, 0.15) is 44.9 Å². The smallest absolute Gasteiger partial charge is 0.126 e. The van der Waals surface area contributed by atoms with Crippen LogP contribution in [0.5, 0.6) is 0 Å². The maximum absolute atomic E-state index is 9.79. The van der Waals surface area contributed by atoms with Crippen LogP contribution < -0.4 is 0 Å². The molecule has 3 saturated heterocycles. The first-order chi connectivity index (χ1) is 8.37. The minimum atomic E-state index is -0.138. The standard InChI is InChI=1S/C14H23N3/c15-12-14(17-9-3-1-4-10-17)7-11-16-8-5-2-6-13(14)16/h13H,1-11H2. The van der Waals surface area contributed by atoms with Crippen molar-refractivity contribution in [3.8, 4) is 6.07 Å². The molecule has 2 atom stereocenters. The van der Waals surface area contributed by atoms with Crippen LogP contribution in [0, 0.1) is 11.3 Å².